The van der Waals surface area contributed by atoms with E-state index < -0.39 is 5.97 Å². The van der Waals surface area contributed by atoms with E-state index >= 15 is 0 Å². The van der Waals surface area contributed by atoms with Crippen LogP contribution < -0.4 is 5.48 Å². The lowest BCUT2D eigenvalue weighted by Crippen LogP contribution is -2.07. The van der Waals surface area contributed by atoms with Crippen LogP contribution in [0.15, 0.2) is 24.3 Å². The van der Waals surface area contributed by atoms with Gasteiger partial charge in [0.2, 0.25) is 0 Å². The molecule has 0 radical (unpaired) electrons. The van der Waals surface area contributed by atoms with Crippen LogP contribution in [0, 0.1) is 0 Å². The normalized spacial score (nSPS) is 9.79. The minimum Gasteiger partial charge on any atom is -0.478 e. The highest BCUT2D eigenvalue weighted by molar-refractivity contribution is 5.93. The Morgan fingerprint density at radius 3 is 2.86 bits per heavy atom. The van der Waals surface area contributed by atoms with E-state index in [-0.39, 0.29) is 5.56 Å². The number of carboxylic acids is 1. The van der Waals surface area contributed by atoms with Gasteiger partial charge in [-0.15, -0.1) is 0 Å². The molecule has 0 saturated carbocycles. The maximum Gasteiger partial charge on any atom is 0.337 e. The van der Waals surface area contributed by atoms with Crippen molar-refractivity contribution in [1.29, 1.82) is 0 Å². The summed E-state index contributed by atoms with van der Waals surface area (Å²) in [4.78, 5) is 15.8. The van der Waals surface area contributed by atoms with Crippen molar-refractivity contribution < 1.29 is 14.7 Å². The molecule has 0 fully saturated rings. The van der Waals surface area contributed by atoms with Gasteiger partial charge < -0.3 is 5.11 Å². The first kappa shape index (κ1) is 10.5. The summed E-state index contributed by atoms with van der Waals surface area (Å²) >= 11 is 0. The SMILES string of the molecule is CCCONc1ccccc1C(=O)O. The average molecular weight is 195 g/mol. The summed E-state index contributed by atoms with van der Waals surface area (Å²) < 4.78 is 0. The van der Waals surface area contributed by atoms with Crippen molar-refractivity contribution in [2.45, 2.75) is 13.3 Å². The van der Waals surface area contributed by atoms with E-state index in [1.54, 1.807) is 18.2 Å². The highest BCUT2D eigenvalue weighted by atomic mass is 16.6. The van der Waals surface area contributed by atoms with Gasteiger partial charge >= 0.3 is 5.97 Å². The lowest BCUT2D eigenvalue weighted by atomic mass is 10.2. The maximum atomic E-state index is 10.8. The summed E-state index contributed by atoms with van der Waals surface area (Å²) in [5.41, 5.74) is 3.31. The second-order valence-electron chi connectivity index (χ2n) is 2.80. The number of benzene rings is 1. The Labute approximate surface area is 82.5 Å². The van der Waals surface area contributed by atoms with Crippen LogP contribution in [-0.2, 0) is 4.84 Å². The van der Waals surface area contributed by atoms with E-state index in [0.717, 1.165) is 6.42 Å². The van der Waals surface area contributed by atoms with E-state index in [4.69, 9.17) is 9.94 Å². The zero-order valence-corrected chi connectivity index (χ0v) is 7.99. The number of carboxylic acid groups (broad SMARTS) is 1. The first-order valence-electron chi connectivity index (χ1n) is 4.45. The minimum atomic E-state index is -0.965. The molecule has 0 aromatic heterocycles. The van der Waals surface area contributed by atoms with Gasteiger partial charge in [0, 0.05) is 0 Å². The van der Waals surface area contributed by atoms with Crippen molar-refractivity contribution in [2.24, 2.45) is 0 Å². The second kappa shape index (κ2) is 5.24. The Bertz CT molecular complexity index is 312. The lowest BCUT2D eigenvalue weighted by Gasteiger charge is -2.08. The molecule has 14 heavy (non-hydrogen) atoms. The fraction of sp³-hybridized carbons (Fsp3) is 0.300. The molecule has 0 aliphatic carbocycles. The van der Waals surface area contributed by atoms with Crippen molar-refractivity contribution in [3.8, 4) is 0 Å². The zero-order chi connectivity index (χ0) is 10.4. The highest BCUT2D eigenvalue weighted by Crippen LogP contribution is 2.14. The van der Waals surface area contributed by atoms with E-state index in [1.165, 1.54) is 6.07 Å². The molecule has 0 unspecified atom stereocenters. The highest BCUT2D eigenvalue weighted by Gasteiger charge is 2.07. The molecule has 0 aliphatic rings. The van der Waals surface area contributed by atoms with Gasteiger partial charge in [-0.1, -0.05) is 19.1 Å². The third-order valence-corrected chi connectivity index (χ3v) is 1.65. The van der Waals surface area contributed by atoms with E-state index in [1.807, 2.05) is 6.92 Å². The van der Waals surface area contributed by atoms with Crippen LogP contribution in [0.25, 0.3) is 0 Å². The maximum absolute atomic E-state index is 10.8. The summed E-state index contributed by atoms with van der Waals surface area (Å²) in [5, 5.41) is 8.83. The first-order chi connectivity index (χ1) is 6.75. The van der Waals surface area contributed by atoms with Crippen LogP contribution in [-0.4, -0.2) is 17.7 Å². The quantitative estimate of drug-likeness (QED) is 0.558. The standard InChI is InChI=1S/C10H13NO3/c1-2-7-14-11-9-6-4-3-5-8(9)10(12)13/h3-6,11H,2,7H2,1H3,(H,12,13). The molecule has 0 aliphatic heterocycles. The van der Waals surface area contributed by atoms with E-state index in [2.05, 4.69) is 5.48 Å². The van der Waals surface area contributed by atoms with Crippen molar-refractivity contribution in [3.63, 3.8) is 0 Å². The van der Waals surface area contributed by atoms with Crippen molar-refractivity contribution in [2.75, 3.05) is 12.1 Å². The molecule has 0 amide bonds. The lowest BCUT2D eigenvalue weighted by molar-refractivity contribution is 0.0696. The Morgan fingerprint density at radius 1 is 1.50 bits per heavy atom. The zero-order valence-electron chi connectivity index (χ0n) is 7.99. The predicted molar refractivity (Wildman–Crippen MR) is 53.3 cm³/mol. The van der Waals surface area contributed by atoms with Crippen LogP contribution in [0.3, 0.4) is 0 Å². The number of carbonyl (C=O) groups is 1. The molecule has 2 N–H and O–H groups in total. The van der Waals surface area contributed by atoms with Crippen molar-refractivity contribution >= 4 is 11.7 Å². The van der Waals surface area contributed by atoms with Gasteiger partial charge in [-0.05, 0) is 18.6 Å². The van der Waals surface area contributed by atoms with Gasteiger partial charge in [0.05, 0.1) is 17.9 Å². The van der Waals surface area contributed by atoms with Gasteiger partial charge in [0.1, 0.15) is 0 Å². The Balaban J connectivity index is 2.69. The Kier molecular flexibility index (Phi) is 3.94. The molecule has 4 nitrogen and oxygen atoms in total. The summed E-state index contributed by atoms with van der Waals surface area (Å²) in [6, 6.07) is 6.62. The van der Waals surface area contributed by atoms with Crippen molar-refractivity contribution in [1.82, 2.24) is 0 Å². The van der Waals surface area contributed by atoms with Crippen molar-refractivity contribution in [3.05, 3.63) is 29.8 Å². The molecule has 1 rings (SSSR count). The summed E-state index contributed by atoms with van der Waals surface area (Å²) in [6.45, 7) is 2.53. The van der Waals surface area contributed by atoms with Crippen LogP contribution >= 0.6 is 0 Å². The van der Waals surface area contributed by atoms with E-state index in [9.17, 15) is 4.79 Å². The summed E-state index contributed by atoms with van der Waals surface area (Å²) in [5.74, 6) is -0.965. The van der Waals surface area contributed by atoms with Crippen LogP contribution in [0.4, 0.5) is 5.69 Å². The molecule has 0 saturated heterocycles. The van der Waals surface area contributed by atoms with Gasteiger partial charge in [-0.2, -0.15) is 0 Å². The van der Waals surface area contributed by atoms with Gasteiger partial charge in [0.15, 0.2) is 0 Å². The predicted octanol–water partition coefficient (Wildman–Crippen LogP) is 2.14. The molecule has 0 spiro atoms. The molecule has 1 aromatic rings. The topological polar surface area (TPSA) is 58.6 Å². The average Bonchev–Trinajstić information content (AvgIpc) is 2.19. The number of para-hydroxylation sites is 1. The fourth-order valence-electron chi connectivity index (χ4n) is 0.989. The summed E-state index contributed by atoms with van der Waals surface area (Å²) in [6.07, 6.45) is 0.877. The largest absolute Gasteiger partial charge is 0.478 e. The number of hydrogen-bond donors (Lipinski definition) is 2. The molecule has 76 valence electrons. The number of aromatic carboxylic acids is 1. The van der Waals surface area contributed by atoms with Gasteiger partial charge in [-0.25, -0.2) is 4.79 Å². The molecule has 4 heteroatoms. The molecule has 0 atom stereocenters. The number of hydrogen-bond acceptors (Lipinski definition) is 3. The number of anilines is 1. The Hall–Kier alpha value is -1.55. The molecular formula is C10H13NO3. The second-order valence-corrected chi connectivity index (χ2v) is 2.80. The smallest absolute Gasteiger partial charge is 0.337 e. The molecule has 1 aromatic carbocycles. The summed E-state index contributed by atoms with van der Waals surface area (Å²) in [7, 11) is 0. The monoisotopic (exact) mass is 195 g/mol. The van der Waals surface area contributed by atoms with Crippen LogP contribution in [0.1, 0.15) is 23.7 Å². The van der Waals surface area contributed by atoms with Gasteiger partial charge in [-0.3, -0.25) is 10.3 Å². The van der Waals surface area contributed by atoms with Gasteiger partial charge in [0.25, 0.3) is 0 Å². The first-order valence-corrected chi connectivity index (χ1v) is 4.45. The molecule has 0 bridgehead atoms. The van der Waals surface area contributed by atoms with Crippen LogP contribution in [0.5, 0.6) is 0 Å². The number of nitrogens with one attached hydrogen (secondary N) is 1. The third kappa shape index (κ3) is 2.74. The van der Waals surface area contributed by atoms with Crippen LogP contribution in [0.2, 0.25) is 0 Å². The molecular weight excluding hydrogens is 182 g/mol. The third-order valence-electron chi connectivity index (χ3n) is 1.65. The fourth-order valence-corrected chi connectivity index (χ4v) is 0.989. The van der Waals surface area contributed by atoms with E-state index in [0.29, 0.717) is 12.3 Å². The Morgan fingerprint density at radius 2 is 2.21 bits per heavy atom. The molecule has 0 heterocycles. The minimum absolute atomic E-state index is 0.212. The number of rotatable bonds is 5.